The van der Waals surface area contributed by atoms with Crippen LogP contribution in [0, 0.1) is 0 Å². The van der Waals surface area contributed by atoms with E-state index < -0.39 is 71.6 Å². The average molecular weight is 566 g/mol. The topological polar surface area (TPSA) is 293 Å². The normalized spacial score (nSPS) is 27.5. The van der Waals surface area contributed by atoms with E-state index in [2.05, 4.69) is 13.1 Å². The Labute approximate surface area is 249 Å². The molecule has 2 rings (SSSR count). The van der Waals surface area contributed by atoms with Gasteiger partial charge in [-0.25, -0.2) is 13.4 Å². The number of aliphatic hydroxyl groups is 3. The van der Waals surface area contributed by atoms with Crippen molar-refractivity contribution < 1.29 is 155 Å². The van der Waals surface area contributed by atoms with Gasteiger partial charge in [-0.1, -0.05) is 0 Å². The fourth-order valence-electron chi connectivity index (χ4n) is 2.23. The third kappa shape index (κ3) is 10.6. The second-order valence-electron chi connectivity index (χ2n) is 5.51. The zero-order valence-electron chi connectivity index (χ0n) is 17.1. The molecule has 1 aliphatic rings. The molecule has 3 unspecified atom stereocenters. The number of rotatable bonds is 8. The number of aromatic amines is 1. The zero-order valence-corrected chi connectivity index (χ0v) is 25.8. The van der Waals surface area contributed by atoms with Crippen LogP contribution in [-0.2, 0) is 27.1 Å². The van der Waals surface area contributed by atoms with Gasteiger partial charge in [0.15, 0.2) is 6.23 Å². The van der Waals surface area contributed by atoms with Crippen LogP contribution in [0.3, 0.4) is 0 Å². The minimum atomic E-state index is -6.24. The number of phosphoric acid groups is 3. The predicted molar refractivity (Wildman–Crippen MR) is 82.2 cm³/mol. The zero-order chi connectivity index (χ0) is 23.1. The molecular formula is C9H12N2Na3O16P3. The minimum Gasteiger partial charge on any atom is -0.756 e. The van der Waals surface area contributed by atoms with E-state index >= 15 is 0 Å². The van der Waals surface area contributed by atoms with Crippen molar-refractivity contribution in [3.05, 3.63) is 27.0 Å². The third-order valence-corrected chi connectivity index (χ3v) is 6.99. The summed E-state index contributed by atoms with van der Waals surface area (Å²) < 4.78 is 49.0. The van der Waals surface area contributed by atoms with Crippen molar-refractivity contribution in [2.45, 2.75) is 24.5 Å². The molecule has 0 saturated carbocycles. The maximum absolute atomic E-state index is 11.9. The van der Waals surface area contributed by atoms with E-state index in [1.807, 2.05) is 0 Å². The molecule has 1 aromatic heterocycles. The summed E-state index contributed by atoms with van der Waals surface area (Å²) in [6.07, 6.45) is -6.28. The summed E-state index contributed by atoms with van der Waals surface area (Å²) >= 11 is 0. The van der Waals surface area contributed by atoms with Crippen LogP contribution in [0.4, 0.5) is 0 Å². The van der Waals surface area contributed by atoms with E-state index in [0.717, 1.165) is 0 Å². The summed E-state index contributed by atoms with van der Waals surface area (Å²) in [4.78, 5) is 66.7. The molecule has 0 aliphatic carbocycles. The summed E-state index contributed by atoms with van der Waals surface area (Å²) in [5.41, 5.74) is -2.84. The Morgan fingerprint density at radius 1 is 1.03 bits per heavy atom. The molecule has 5 N–H and O–H groups in total. The average Bonchev–Trinajstić information content (AvgIpc) is 2.81. The molecule has 0 spiro atoms. The monoisotopic (exact) mass is 566 g/mol. The molecule has 172 valence electrons. The van der Waals surface area contributed by atoms with Crippen LogP contribution in [-0.4, -0.2) is 54.7 Å². The van der Waals surface area contributed by atoms with E-state index in [1.54, 1.807) is 0 Å². The molecule has 18 nitrogen and oxygen atoms in total. The summed E-state index contributed by atoms with van der Waals surface area (Å²) in [5, 5.41) is 28.6. The van der Waals surface area contributed by atoms with Gasteiger partial charge in [0.05, 0.1) is 12.8 Å². The second-order valence-corrected chi connectivity index (χ2v) is 9.72. The Morgan fingerprint density at radius 2 is 1.58 bits per heavy atom. The van der Waals surface area contributed by atoms with Crippen molar-refractivity contribution in [1.82, 2.24) is 9.55 Å². The number of aromatic nitrogens is 2. The number of H-pyrrole nitrogens is 1. The molecule has 0 aromatic carbocycles. The SMILES string of the molecule is O=c1[nH]c(=O)n([C@@H]2O[C@H](CO)[C@@H](O)[C@H]2O)cc1OP(=O)([O-])OP(=O)([O-])OP(=O)([O-])O.[Na+].[Na+].[Na+]. The molecule has 7 atom stereocenters. The van der Waals surface area contributed by atoms with Crippen molar-refractivity contribution in [3.63, 3.8) is 0 Å². The summed E-state index contributed by atoms with van der Waals surface area (Å²) in [5.74, 6) is -1.32. The molecule has 0 radical (unpaired) electrons. The number of nitrogens with one attached hydrogen (secondary N) is 1. The maximum Gasteiger partial charge on any atom is 1.00 e. The molecule has 1 saturated heterocycles. The number of phosphoric ester groups is 1. The largest absolute Gasteiger partial charge is 1.00 e. The summed E-state index contributed by atoms with van der Waals surface area (Å²) in [7, 11) is -18.3. The smallest absolute Gasteiger partial charge is 0.756 e. The number of hydrogen-bond acceptors (Lipinski definition) is 15. The minimum absolute atomic E-state index is 0. The predicted octanol–water partition coefficient (Wildman–Crippen LogP) is -14.0. The van der Waals surface area contributed by atoms with Gasteiger partial charge >= 0.3 is 102 Å². The quantitative estimate of drug-likeness (QED) is 0.144. The first kappa shape index (κ1) is 36.9. The molecule has 2 heterocycles. The van der Waals surface area contributed by atoms with Gasteiger partial charge in [-0.05, 0) is 0 Å². The molecule has 24 heteroatoms. The molecular weight excluding hydrogens is 554 g/mol. The van der Waals surface area contributed by atoms with Crippen LogP contribution in [0.1, 0.15) is 6.23 Å². The van der Waals surface area contributed by atoms with Gasteiger partial charge in [0, 0.05) is 0 Å². The Hall–Kier alpha value is 1.77. The van der Waals surface area contributed by atoms with Crippen molar-refractivity contribution in [2.24, 2.45) is 0 Å². The molecule has 33 heavy (non-hydrogen) atoms. The van der Waals surface area contributed by atoms with Crippen molar-refractivity contribution >= 4 is 23.5 Å². The van der Waals surface area contributed by atoms with Gasteiger partial charge in [0.2, 0.25) is 5.75 Å². The van der Waals surface area contributed by atoms with Gasteiger partial charge in [-0.3, -0.25) is 28.0 Å². The van der Waals surface area contributed by atoms with Gasteiger partial charge in [-0.2, -0.15) is 0 Å². The number of nitrogens with zero attached hydrogens (tertiary/aromatic N) is 1. The maximum atomic E-state index is 11.9. The number of hydrogen-bond donors (Lipinski definition) is 5. The van der Waals surface area contributed by atoms with E-state index in [4.69, 9.17) is 14.7 Å². The molecule has 1 aliphatic heterocycles. The fourth-order valence-corrected chi connectivity index (χ4v) is 5.11. The van der Waals surface area contributed by atoms with Crippen LogP contribution in [0.25, 0.3) is 0 Å². The van der Waals surface area contributed by atoms with Gasteiger partial charge in [-0.15, -0.1) is 0 Å². The Balaban J connectivity index is 0. The van der Waals surface area contributed by atoms with Crippen molar-refractivity contribution in [3.8, 4) is 5.75 Å². The Morgan fingerprint density at radius 3 is 2.03 bits per heavy atom. The van der Waals surface area contributed by atoms with Gasteiger partial charge in [0.25, 0.3) is 21.2 Å². The standard InChI is InChI=1S/C9H15N2O16P3.3Na/c12-2-4-5(13)6(14)8(24-4)11-1-3(7(15)10-9(11)16)25-29(20,21)27-30(22,23)26-28(17,18)19;;;/h1,4-6,8,12-14H,2H2,(H,20,21)(H,22,23)(H,10,15,16)(H2,17,18,19);;;/q;3*+1/p-3/t4-,5-,6-,8-;;;/m1.../s1. The van der Waals surface area contributed by atoms with Gasteiger partial charge < -0.3 is 44.2 Å². The first-order valence-electron chi connectivity index (χ1n) is 7.31. The second kappa shape index (κ2) is 14.1. The molecule has 0 bridgehead atoms. The van der Waals surface area contributed by atoms with E-state index in [-0.39, 0.29) is 88.7 Å². The van der Waals surface area contributed by atoms with E-state index in [0.29, 0.717) is 10.8 Å². The van der Waals surface area contributed by atoms with Crippen LogP contribution >= 0.6 is 23.5 Å². The Bertz CT molecular complexity index is 1060. The van der Waals surface area contributed by atoms with Gasteiger partial charge in [0.1, 0.15) is 18.3 Å². The summed E-state index contributed by atoms with van der Waals surface area (Å²) in [6, 6.07) is 0. The van der Waals surface area contributed by atoms with Crippen molar-refractivity contribution in [2.75, 3.05) is 6.61 Å². The summed E-state index contributed by atoms with van der Waals surface area (Å²) in [6.45, 7) is -0.785. The molecule has 1 aromatic rings. The number of ether oxygens (including phenoxy) is 1. The van der Waals surface area contributed by atoms with Crippen LogP contribution in [0.5, 0.6) is 5.75 Å². The first-order valence-corrected chi connectivity index (χ1v) is 11.7. The first-order chi connectivity index (χ1) is 13.6. The van der Waals surface area contributed by atoms with E-state index in [9.17, 15) is 48.2 Å². The Kier molecular flexibility index (Phi) is 15.7. The third-order valence-electron chi connectivity index (χ3n) is 3.34. The van der Waals surface area contributed by atoms with Crippen molar-refractivity contribution in [1.29, 1.82) is 0 Å². The molecule has 1 fully saturated rings. The van der Waals surface area contributed by atoms with E-state index in [1.165, 1.54) is 4.98 Å². The number of aliphatic hydroxyl groups excluding tert-OH is 3. The fraction of sp³-hybridized carbons (Fsp3) is 0.556. The van der Waals surface area contributed by atoms with Crippen LogP contribution < -0.4 is 119 Å². The van der Waals surface area contributed by atoms with Crippen LogP contribution in [0.15, 0.2) is 15.8 Å². The van der Waals surface area contributed by atoms with Crippen LogP contribution in [0.2, 0.25) is 0 Å². The molecule has 0 amide bonds.